The zero-order chi connectivity index (χ0) is 23.0. The normalized spacial score (nSPS) is 18.3. The Kier molecular flexibility index (Phi) is 5.85. The summed E-state index contributed by atoms with van der Waals surface area (Å²) < 4.78 is 39.1. The Labute approximate surface area is 185 Å². The third-order valence-corrected chi connectivity index (χ3v) is 5.78. The number of benzene rings is 1. The van der Waals surface area contributed by atoms with Gasteiger partial charge in [0.2, 0.25) is 17.8 Å². The number of H-pyrrole nitrogens is 1. The highest BCUT2D eigenvalue weighted by atomic mass is 35.5. The SMILES string of the molecule is O=C(C[C@@H]1C(=O)Nc2nc(N3CCCCC3)[nH]c(=O)c21)Nc1ccc(Cl)c(C(F)(F)F)c1. The molecule has 32 heavy (non-hydrogen) atoms. The fourth-order valence-electron chi connectivity index (χ4n) is 3.89. The number of piperidine rings is 1. The van der Waals surface area contributed by atoms with Gasteiger partial charge in [-0.3, -0.25) is 19.4 Å². The molecule has 2 aliphatic heterocycles. The summed E-state index contributed by atoms with van der Waals surface area (Å²) in [6, 6.07) is 2.95. The van der Waals surface area contributed by atoms with Gasteiger partial charge in [-0.25, -0.2) is 0 Å². The second-order valence-corrected chi connectivity index (χ2v) is 8.09. The topological polar surface area (TPSA) is 107 Å². The predicted molar refractivity (Wildman–Crippen MR) is 112 cm³/mol. The van der Waals surface area contributed by atoms with E-state index in [0.29, 0.717) is 12.0 Å². The van der Waals surface area contributed by atoms with Crippen molar-refractivity contribution in [3.63, 3.8) is 0 Å². The zero-order valence-electron chi connectivity index (χ0n) is 16.7. The molecule has 0 aliphatic carbocycles. The second kappa shape index (κ2) is 8.45. The quantitative estimate of drug-likeness (QED) is 0.635. The van der Waals surface area contributed by atoms with Gasteiger partial charge in [0.15, 0.2) is 0 Å². The van der Waals surface area contributed by atoms with Crippen LogP contribution < -0.4 is 21.1 Å². The van der Waals surface area contributed by atoms with Crippen LogP contribution in [0.15, 0.2) is 23.0 Å². The van der Waals surface area contributed by atoms with Crippen molar-refractivity contribution in [3.05, 3.63) is 44.7 Å². The van der Waals surface area contributed by atoms with Crippen molar-refractivity contribution in [1.29, 1.82) is 0 Å². The Balaban J connectivity index is 1.52. The number of amides is 2. The van der Waals surface area contributed by atoms with Crippen LogP contribution in [0.1, 0.15) is 42.7 Å². The summed E-state index contributed by atoms with van der Waals surface area (Å²) in [6.45, 7) is 1.48. The number of aromatic amines is 1. The fourth-order valence-corrected chi connectivity index (χ4v) is 4.12. The lowest BCUT2D eigenvalue weighted by Gasteiger charge is -2.27. The number of halogens is 4. The smallest absolute Gasteiger partial charge is 0.342 e. The Morgan fingerprint density at radius 3 is 2.62 bits per heavy atom. The summed E-state index contributed by atoms with van der Waals surface area (Å²) in [5.74, 6) is -1.95. The van der Waals surface area contributed by atoms with Crippen molar-refractivity contribution in [1.82, 2.24) is 9.97 Å². The summed E-state index contributed by atoms with van der Waals surface area (Å²) in [5, 5.41) is 4.36. The minimum atomic E-state index is -4.69. The van der Waals surface area contributed by atoms with Crippen LogP contribution in [0, 0.1) is 0 Å². The molecule has 2 aromatic rings. The lowest BCUT2D eigenvalue weighted by molar-refractivity contribution is -0.137. The van der Waals surface area contributed by atoms with E-state index in [-0.39, 0.29) is 17.1 Å². The average molecular weight is 470 g/mol. The van der Waals surface area contributed by atoms with Crippen molar-refractivity contribution < 1.29 is 22.8 Å². The monoisotopic (exact) mass is 469 g/mol. The lowest BCUT2D eigenvalue weighted by Crippen LogP contribution is -2.33. The number of nitrogens with one attached hydrogen (secondary N) is 3. The van der Waals surface area contributed by atoms with Gasteiger partial charge < -0.3 is 15.5 Å². The van der Waals surface area contributed by atoms with Crippen molar-refractivity contribution in [3.8, 4) is 0 Å². The average Bonchev–Trinajstić information content (AvgIpc) is 3.04. The van der Waals surface area contributed by atoms with Gasteiger partial charge in [-0.05, 0) is 37.5 Å². The standard InChI is InChI=1S/C20H19ClF3N5O3/c21-13-5-4-10(8-12(13)20(22,23)24)25-14(30)9-11-15-16(26-17(11)31)27-19(28-18(15)32)29-6-2-1-3-7-29/h4-5,8,11H,1-3,6-7,9H2,(H,25,30)(H2,26,27,28,31,32)/t11-/m0/s1. The van der Waals surface area contributed by atoms with Crippen LogP contribution in [0.2, 0.25) is 5.02 Å². The van der Waals surface area contributed by atoms with Crippen LogP contribution in [0.5, 0.6) is 0 Å². The zero-order valence-corrected chi connectivity index (χ0v) is 17.4. The second-order valence-electron chi connectivity index (χ2n) is 7.69. The van der Waals surface area contributed by atoms with Crippen molar-refractivity contribution >= 4 is 40.9 Å². The van der Waals surface area contributed by atoms with E-state index >= 15 is 0 Å². The van der Waals surface area contributed by atoms with Gasteiger partial charge in [-0.2, -0.15) is 18.2 Å². The highest BCUT2D eigenvalue weighted by Crippen LogP contribution is 2.37. The van der Waals surface area contributed by atoms with Crippen LogP contribution in [-0.2, 0) is 15.8 Å². The van der Waals surface area contributed by atoms with Crippen molar-refractivity contribution in [2.45, 2.75) is 37.8 Å². The molecule has 1 aromatic carbocycles. The first kappa shape index (κ1) is 22.1. The van der Waals surface area contributed by atoms with Gasteiger partial charge in [0, 0.05) is 25.2 Å². The van der Waals surface area contributed by atoms with Crippen molar-refractivity contribution in [2.24, 2.45) is 0 Å². The third-order valence-electron chi connectivity index (χ3n) is 5.45. The number of nitrogens with zero attached hydrogens (tertiary/aromatic N) is 2. The Hall–Kier alpha value is -3.08. The Bertz CT molecular complexity index is 1130. The minimum absolute atomic E-state index is 0.0398. The number of rotatable bonds is 4. The number of hydrogen-bond acceptors (Lipinski definition) is 5. The first-order valence-electron chi connectivity index (χ1n) is 10.00. The van der Waals surface area contributed by atoms with E-state index in [1.807, 2.05) is 4.90 Å². The number of carbonyl (C=O) groups excluding carboxylic acids is 2. The fraction of sp³-hybridized carbons (Fsp3) is 0.400. The molecule has 1 aromatic heterocycles. The number of fused-ring (bicyclic) bond motifs is 1. The summed E-state index contributed by atoms with van der Waals surface area (Å²) in [5.41, 5.74) is -1.71. The highest BCUT2D eigenvalue weighted by Gasteiger charge is 2.37. The van der Waals surface area contributed by atoms with E-state index in [1.165, 1.54) is 6.07 Å². The summed E-state index contributed by atoms with van der Waals surface area (Å²) in [4.78, 5) is 46.5. The summed E-state index contributed by atoms with van der Waals surface area (Å²) >= 11 is 5.58. The molecule has 1 saturated heterocycles. The van der Waals surface area contributed by atoms with Gasteiger partial charge >= 0.3 is 6.18 Å². The van der Waals surface area contributed by atoms with E-state index in [9.17, 15) is 27.6 Å². The highest BCUT2D eigenvalue weighted by molar-refractivity contribution is 6.31. The van der Waals surface area contributed by atoms with Gasteiger partial charge in [-0.15, -0.1) is 0 Å². The first-order chi connectivity index (χ1) is 15.1. The summed E-state index contributed by atoms with van der Waals surface area (Å²) in [7, 11) is 0. The maximum absolute atomic E-state index is 13.0. The maximum Gasteiger partial charge on any atom is 0.417 e. The molecule has 3 heterocycles. The van der Waals surface area contributed by atoms with Gasteiger partial charge in [0.1, 0.15) is 5.82 Å². The molecule has 12 heteroatoms. The molecule has 1 atom stereocenters. The number of anilines is 3. The van der Waals surface area contributed by atoms with Crippen molar-refractivity contribution in [2.75, 3.05) is 28.6 Å². The largest absolute Gasteiger partial charge is 0.417 e. The van der Waals surface area contributed by atoms with E-state index in [0.717, 1.165) is 38.4 Å². The first-order valence-corrected chi connectivity index (χ1v) is 10.4. The number of carbonyl (C=O) groups is 2. The molecule has 0 bridgehead atoms. The van der Waals surface area contributed by atoms with Crippen LogP contribution in [0.3, 0.4) is 0 Å². The van der Waals surface area contributed by atoms with Crippen LogP contribution in [0.4, 0.5) is 30.6 Å². The van der Waals surface area contributed by atoms with Crippen LogP contribution >= 0.6 is 11.6 Å². The van der Waals surface area contributed by atoms with Crippen LogP contribution in [-0.4, -0.2) is 34.9 Å². The molecular weight excluding hydrogens is 451 g/mol. The number of alkyl halides is 3. The van der Waals surface area contributed by atoms with Gasteiger partial charge in [-0.1, -0.05) is 11.6 Å². The molecular formula is C20H19ClF3N5O3. The maximum atomic E-state index is 13.0. The number of aromatic nitrogens is 2. The minimum Gasteiger partial charge on any atom is -0.342 e. The molecule has 8 nitrogen and oxygen atoms in total. The predicted octanol–water partition coefficient (Wildman–Crippen LogP) is 3.50. The number of hydrogen-bond donors (Lipinski definition) is 3. The van der Waals surface area contributed by atoms with E-state index in [2.05, 4.69) is 20.6 Å². The molecule has 3 N–H and O–H groups in total. The molecule has 0 radical (unpaired) electrons. The molecule has 0 unspecified atom stereocenters. The van der Waals surface area contributed by atoms with E-state index < -0.39 is 46.5 Å². The van der Waals surface area contributed by atoms with Crippen LogP contribution in [0.25, 0.3) is 0 Å². The van der Waals surface area contributed by atoms with Gasteiger partial charge in [0.05, 0.1) is 22.1 Å². The molecule has 4 rings (SSSR count). The van der Waals surface area contributed by atoms with E-state index in [4.69, 9.17) is 11.6 Å². The molecule has 1 fully saturated rings. The Morgan fingerprint density at radius 2 is 1.94 bits per heavy atom. The molecule has 0 spiro atoms. The molecule has 2 aliphatic rings. The lowest BCUT2D eigenvalue weighted by atomic mass is 9.99. The third kappa shape index (κ3) is 4.43. The van der Waals surface area contributed by atoms with E-state index in [1.54, 1.807) is 0 Å². The molecule has 0 saturated carbocycles. The summed E-state index contributed by atoms with van der Waals surface area (Å²) in [6.07, 6.45) is -2.09. The molecule has 2 amide bonds. The Morgan fingerprint density at radius 1 is 1.22 bits per heavy atom. The molecule has 170 valence electrons. The van der Waals surface area contributed by atoms with Gasteiger partial charge in [0.25, 0.3) is 5.56 Å².